The average Bonchev–Trinajstić information content (AvgIpc) is 3.25. The first kappa shape index (κ1) is 16.6. The fourth-order valence-electron chi connectivity index (χ4n) is 2.99. The molecule has 1 atom stereocenters. The third kappa shape index (κ3) is 3.28. The van der Waals surface area contributed by atoms with Gasteiger partial charge in [0.15, 0.2) is 0 Å². The van der Waals surface area contributed by atoms with Gasteiger partial charge in [-0.25, -0.2) is 0 Å². The Labute approximate surface area is 154 Å². The van der Waals surface area contributed by atoms with Gasteiger partial charge in [0.2, 0.25) is 16.9 Å². The van der Waals surface area contributed by atoms with Crippen LogP contribution in [0.25, 0.3) is 10.9 Å². The Morgan fingerprint density at radius 1 is 1.27 bits per heavy atom. The first-order valence-corrected chi connectivity index (χ1v) is 9.14. The number of nitrogens with one attached hydrogen (secondary N) is 1. The van der Waals surface area contributed by atoms with E-state index in [1.165, 1.54) is 11.3 Å². The van der Waals surface area contributed by atoms with Crippen LogP contribution >= 0.6 is 11.3 Å². The van der Waals surface area contributed by atoms with Crippen LogP contribution in [0.4, 0.5) is 5.13 Å². The van der Waals surface area contributed by atoms with Crippen molar-refractivity contribution in [2.45, 2.75) is 19.9 Å². The number of hydrogen-bond acceptors (Lipinski definition) is 6. The molecule has 0 aliphatic carbocycles. The number of nitrogens with zero attached hydrogens (tertiary/aromatic N) is 4. The molecule has 1 unspecified atom stereocenters. The minimum atomic E-state index is -0.382. The summed E-state index contributed by atoms with van der Waals surface area (Å²) in [5.74, 6) is -0.616. The number of pyridine rings is 1. The number of hydrogen-bond donors (Lipinski definition) is 1. The van der Waals surface area contributed by atoms with Gasteiger partial charge in [-0.15, -0.1) is 10.2 Å². The zero-order chi connectivity index (χ0) is 18.1. The molecule has 7 nitrogen and oxygen atoms in total. The molecule has 0 spiro atoms. The van der Waals surface area contributed by atoms with Crippen molar-refractivity contribution in [2.24, 2.45) is 5.92 Å². The van der Waals surface area contributed by atoms with Crippen LogP contribution in [0.1, 0.15) is 17.1 Å². The fourth-order valence-corrected chi connectivity index (χ4v) is 3.71. The van der Waals surface area contributed by atoms with Crippen molar-refractivity contribution in [1.29, 1.82) is 0 Å². The molecule has 0 bridgehead atoms. The van der Waals surface area contributed by atoms with Gasteiger partial charge in [0, 0.05) is 18.4 Å². The molecule has 1 N–H and O–H groups in total. The Morgan fingerprint density at radius 2 is 2.12 bits per heavy atom. The molecule has 1 aliphatic heterocycles. The summed E-state index contributed by atoms with van der Waals surface area (Å²) in [5.41, 5.74) is 1.69. The first-order chi connectivity index (χ1) is 12.6. The molecular weight excluding hydrogens is 350 g/mol. The molecule has 1 aromatic carbocycles. The lowest BCUT2D eigenvalue weighted by molar-refractivity contribution is -0.126. The van der Waals surface area contributed by atoms with Crippen LogP contribution in [0.3, 0.4) is 0 Å². The van der Waals surface area contributed by atoms with Crippen molar-refractivity contribution in [3.63, 3.8) is 0 Å². The minimum Gasteiger partial charge on any atom is -0.350 e. The Morgan fingerprint density at radius 3 is 2.92 bits per heavy atom. The minimum absolute atomic E-state index is 0.0925. The zero-order valence-electron chi connectivity index (χ0n) is 14.2. The molecule has 0 saturated carbocycles. The highest BCUT2D eigenvalue weighted by molar-refractivity contribution is 7.15. The highest BCUT2D eigenvalue weighted by Crippen LogP contribution is 2.27. The van der Waals surface area contributed by atoms with Crippen molar-refractivity contribution in [1.82, 2.24) is 20.5 Å². The molecule has 2 amide bonds. The van der Waals surface area contributed by atoms with E-state index in [2.05, 4.69) is 20.5 Å². The van der Waals surface area contributed by atoms with E-state index in [9.17, 15) is 9.59 Å². The summed E-state index contributed by atoms with van der Waals surface area (Å²) in [7, 11) is 0. The third-order valence-corrected chi connectivity index (χ3v) is 5.20. The lowest BCUT2D eigenvalue weighted by atomic mass is 10.1. The van der Waals surface area contributed by atoms with Gasteiger partial charge in [-0.1, -0.05) is 35.6 Å². The maximum atomic E-state index is 12.5. The predicted octanol–water partition coefficient (Wildman–Crippen LogP) is 2.06. The monoisotopic (exact) mass is 367 g/mol. The third-order valence-electron chi connectivity index (χ3n) is 4.34. The van der Waals surface area contributed by atoms with Crippen LogP contribution < -0.4 is 10.2 Å². The Balaban J connectivity index is 1.39. The Hall–Kier alpha value is -2.87. The number of fused-ring (bicyclic) bond motifs is 1. The summed E-state index contributed by atoms with van der Waals surface area (Å²) in [6.07, 6.45) is 0.190. The predicted molar refractivity (Wildman–Crippen MR) is 98.7 cm³/mol. The van der Waals surface area contributed by atoms with Gasteiger partial charge >= 0.3 is 0 Å². The van der Waals surface area contributed by atoms with Crippen LogP contribution in [0.2, 0.25) is 0 Å². The van der Waals surface area contributed by atoms with E-state index in [1.54, 1.807) is 4.90 Å². The molecule has 8 heteroatoms. The van der Waals surface area contributed by atoms with E-state index in [-0.39, 0.29) is 24.2 Å². The highest BCUT2D eigenvalue weighted by atomic mass is 32.1. The van der Waals surface area contributed by atoms with Crippen molar-refractivity contribution in [3.05, 3.63) is 47.1 Å². The molecule has 132 valence electrons. The molecule has 26 heavy (non-hydrogen) atoms. The van der Waals surface area contributed by atoms with E-state index in [0.717, 1.165) is 21.6 Å². The van der Waals surface area contributed by atoms with Gasteiger partial charge in [0.25, 0.3) is 0 Å². The van der Waals surface area contributed by atoms with E-state index in [1.807, 2.05) is 43.3 Å². The number of rotatable bonds is 4. The largest absolute Gasteiger partial charge is 0.350 e. The quantitative estimate of drug-likeness (QED) is 0.763. The van der Waals surface area contributed by atoms with E-state index in [4.69, 9.17) is 0 Å². The zero-order valence-corrected chi connectivity index (χ0v) is 15.0. The van der Waals surface area contributed by atoms with Gasteiger partial charge < -0.3 is 5.32 Å². The normalized spacial score (nSPS) is 17.0. The maximum absolute atomic E-state index is 12.5. The van der Waals surface area contributed by atoms with Crippen molar-refractivity contribution in [2.75, 3.05) is 11.4 Å². The average molecular weight is 367 g/mol. The fraction of sp³-hybridized carbons (Fsp3) is 0.278. The molecule has 4 rings (SSSR count). The molecule has 1 saturated heterocycles. The summed E-state index contributed by atoms with van der Waals surface area (Å²) in [6, 6.07) is 11.7. The van der Waals surface area contributed by atoms with Crippen LogP contribution in [0, 0.1) is 12.8 Å². The summed E-state index contributed by atoms with van der Waals surface area (Å²) in [6.45, 7) is 2.51. The molecule has 3 aromatic rings. The second kappa shape index (κ2) is 6.80. The van der Waals surface area contributed by atoms with Crippen molar-refractivity contribution < 1.29 is 9.59 Å². The number of para-hydroxylation sites is 1. The second-order valence-corrected chi connectivity index (χ2v) is 7.38. The summed E-state index contributed by atoms with van der Waals surface area (Å²) in [5, 5.41) is 13.2. The van der Waals surface area contributed by atoms with Gasteiger partial charge in [-0.05, 0) is 19.1 Å². The number of anilines is 1. The number of amides is 2. The standard InChI is InChI=1S/C18H17N5O2S/c1-11-21-22-18(26-11)23-10-13(8-16(23)24)17(25)19-9-14-7-6-12-4-2-3-5-15(12)20-14/h2-7,13H,8-10H2,1H3,(H,19,25). The lowest BCUT2D eigenvalue weighted by Crippen LogP contribution is -2.32. The molecule has 1 fully saturated rings. The van der Waals surface area contributed by atoms with Crippen LogP contribution in [-0.2, 0) is 16.1 Å². The SMILES string of the molecule is Cc1nnc(N2CC(C(=O)NCc3ccc4ccccc4n3)CC2=O)s1. The Kier molecular flexibility index (Phi) is 4.34. The first-order valence-electron chi connectivity index (χ1n) is 8.33. The molecule has 3 heterocycles. The summed E-state index contributed by atoms with van der Waals surface area (Å²) >= 11 is 1.35. The van der Waals surface area contributed by atoms with Gasteiger partial charge in [-0.3, -0.25) is 19.5 Å². The lowest BCUT2D eigenvalue weighted by Gasteiger charge is -2.12. The van der Waals surface area contributed by atoms with Crippen molar-refractivity contribution in [3.8, 4) is 0 Å². The van der Waals surface area contributed by atoms with Gasteiger partial charge in [0.05, 0.1) is 23.7 Å². The van der Waals surface area contributed by atoms with Crippen LogP contribution in [-0.4, -0.2) is 33.5 Å². The topological polar surface area (TPSA) is 88.1 Å². The van der Waals surface area contributed by atoms with Crippen LogP contribution in [0.5, 0.6) is 0 Å². The molecule has 2 aromatic heterocycles. The van der Waals surface area contributed by atoms with E-state index < -0.39 is 0 Å². The summed E-state index contributed by atoms with van der Waals surface area (Å²) < 4.78 is 0. The second-order valence-electron chi connectivity index (χ2n) is 6.22. The Bertz CT molecular complexity index is 986. The molecule has 1 aliphatic rings. The maximum Gasteiger partial charge on any atom is 0.229 e. The van der Waals surface area contributed by atoms with Crippen molar-refractivity contribution >= 4 is 39.2 Å². The van der Waals surface area contributed by atoms with E-state index in [0.29, 0.717) is 18.2 Å². The molecule has 0 radical (unpaired) electrons. The number of benzene rings is 1. The van der Waals surface area contributed by atoms with E-state index >= 15 is 0 Å². The number of aryl methyl sites for hydroxylation is 1. The number of carbonyl (C=O) groups is 2. The number of aromatic nitrogens is 3. The highest BCUT2D eigenvalue weighted by Gasteiger charge is 2.36. The van der Waals surface area contributed by atoms with Crippen LogP contribution in [0.15, 0.2) is 36.4 Å². The number of carbonyl (C=O) groups excluding carboxylic acids is 2. The van der Waals surface area contributed by atoms with Gasteiger partial charge in [0.1, 0.15) is 5.01 Å². The van der Waals surface area contributed by atoms with Gasteiger partial charge in [-0.2, -0.15) is 0 Å². The smallest absolute Gasteiger partial charge is 0.229 e. The molecular formula is C18H17N5O2S. The summed E-state index contributed by atoms with van der Waals surface area (Å²) in [4.78, 5) is 30.7.